The monoisotopic (exact) mass is 192 g/mol. The van der Waals surface area contributed by atoms with Crippen molar-refractivity contribution in [2.45, 2.75) is 30.6 Å². The first-order chi connectivity index (χ1) is 6.11. The first-order valence-corrected chi connectivity index (χ1v) is 4.10. The molecule has 0 amide bonds. The minimum atomic E-state index is -0.952. The zero-order valence-corrected chi connectivity index (χ0v) is 7.46. The minimum Gasteiger partial charge on any atom is -0.394 e. The van der Waals surface area contributed by atoms with Gasteiger partial charge in [0.15, 0.2) is 6.29 Å². The van der Waals surface area contributed by atoms with Gasteiger partial charge in [0.2, 0.25) is 0 Å². The van der Waals surface area contributed by atoms with E-state index >= 15 is 0 Å². The molecule has 1 saturated heterocycles. The molecule has 0 spiro atoms. The van der Waals surface area contributed by atoms with Crippen molar-refractivity contribution in [3.05, 3.63) is 0 Å². The molecular formula is C7H16N2O4. The van der Waals surface area contributed by atoms with Crippen molar-refractivity contribution in [1.29, 1.82) is 0 Å². The van der Waals surface area contributed by atoms with Crippen molar-refractivity contribution in [3.8, 4) is 0 Å². The zero-order chi connectivity index (χ0) is 10.0. The summed E-state index contributed by atoms with van der Waals surface area (Å²) in [5.74, 6) is 0. The van der Waals surface area contributed by atoms with Crippen molar-refractivity contribution in [1.82, 2.24) is 0 Å². The van der Waals surface area contributed by atoms with Crippen LogP contribution in [0.5, 0.6) is 0 Å². The van der Waals surface area contributed by atoms with E-state index in [1.165, 1.54) is 7.11 Å². The van der Waals surface area contributed by atoms with Crippen molar-refractivity contribution in [3.63, 3.8) is 0 Å². The highest BCUT2D eigenvalue weighted by atomic mass is 16.7. The topological polar surface area (TPSA) is 111 Å². The van der Waals surface area contributed by atoms with E-state index in [1.807, 2.05) is 0 Å². The average Bonchev–Trinajstić information content (AvgIpc) is 2.15. The van der Waals surface area contributed by atoms with E-state index in [9.17, 15) is 5.11 Å². The Labute approximate surface area is 76.4 Å². The molecule has 6 heteroatoms. The van der Waals surface area contributed by atoms with Crippen LogP contribution in [0, 0.1) is 0 Å². The molecular weight excluding hydrogens is 176 g/mol. The fourth-order valence-corrected chi connectivity index (χ4v) is 1.36. The molecule has 0 aliphatic carbocycles. The van der Waals surface area contributed by atoms with E-state index in [2.05, 4.69) is 0 Å². The smallest absolute Gasteiger partial charge is 0.174 e. The second kappa shape index (κ2) is 4.32. The van der Waals surface area contributed by atoms with Gasteiger partial charge in [-0.2, -0.15) is 0 Å². The Kier molecular flexibility index (Phi) is 3.60. The van der Waals surface area contributed by atoms with E-state index in [1.54, 1.807) is 0 Å². The molecule has 1 aliphatic rings. The molecule has 0 unspecified atom stereocenters. The number of rotatable bonds is 2. The van der Waals surface area contributed by atoms with Crippen LogP contribution >= 0.6 is 0 Å². The standard InChI is InChI=1S/C7H16N2O4/c1-12-7-5(9)4(8)6(11)3(2-10)13-7/h3-7,10-11H,2,8-9H2,1H3/t3-,4-,5-,6-,7+/m1/s1. The summed E-state index contributed by atoms with van der Waals surface area (Å²) in [6.07, 6.45) is -2.35. The molecule has 0 aromatic rings. The third kappa shape index (κ3) is 1.98. The number of ether oxygens (including phenoxy) is 2. The van der Waals surface area contributed by atoms with E-state index in [0.717, 1.165) is 0 Å². The Morgan fingerprint density at radius 1 is 1.38 bits per heavy atom. The van der Waals surface area contributed by atoms with E-state index in [0.29, 0.717) is 0 Å². The summed E-state index contributed by atoms with van der Waals surface area (Å²) in [6.45, 7) is -0.304. The predicted octanol–water partition coefficient (Wildman–Crippen LogP) is -2.63. The Morgan fingerprint density at radius 2 is 2.00 bits per heavy atom. The van der Waals surface area contributed by atoms with Gasteiger partial charge in [-0.25, -0.2) is 0 Å². The Bertz CT molecular complexity index is 149. The number of methoxy groups -OCH3 is 1. The molecule has 0 aromatic heterocycles. The van der Waals surface area contributed by atoms with Gasteiger partial charge in [0.05, 0.1) is 24.8 Å². The SMILES string of the molecule is CO[C@H]1O[C@H](CO)[C@@H](O)[C@H](N)[C@H]1N. The molecule has 0 saturated carbocycles. The van der Waals surface area contributed by atoms with Crippen LogP contribution in [0.1, 0.15) is 0 Å². The van der Waals surface area contributed by atoms with Crippen molar-refractivity contribution in [2.75, 3.05) is 13.7 Å². The number of nitrogens with two attached hydrogens (primary N) is 2. The van der Waals surface area contributed by atoms with Crippen LogP contribution in [0.3, 0.4) is 0 Å². The van der Waals surface area contributed by atoms with Crippen molar-refractivity contribution < 1.29 is 19.7 Å². The van der Waals surface area contributed by atoms with Gasteiger partial charge in [-0.15, -0.1) is 0 Å². The fraction of sp³-hybridized carbons (Fsp3) is 1.00. The van der Waals surface area contributed by atoms with Gasteiger partial charge in [0.1, 0.15) is 6.10 Å². The number of aliphatic hydroxyl groups excluding tert-OH is 2. The van der Waals surface area contributed by atoms with Crippen LogP contribution in [-0.2, 0) is 9.47 Å². The second-order valence-corrected chi connectivity index (χ2v) is 3.11. The van der Waals surface area contributed by atoms with Crippen LogP contribution in [0.15, 0.2) is 0 Å². The quantitative estimate of drug-likeness (QED) is 0.381. The maximum absolute atomic E-state index is 9.48. The first-order valence-electron chi connectivity index (χ1n) is 4.10. The largest absolute Gasteiger partial charge is 0.394 e. The first kappa shape index (κ1) is 10.8. The van der Waals surface area contributed by atoms with Gasteiger partial charge >= 0.3 is 0 Å². The highest BCUT2D eigenvalue weighted by Crippen LogP contribution is 2.18. The van der Waals surface area contributed by atoms with Gasteiger partial charge in [-0.3, -0.25) is 0 Å². The molecule has 1 fully saturated rings. The lowest BCUT2D eigenvalue weighted by atomic mass is 9.96. The summed E-state index contributed by atoms with van der Waals surface area (Å²) < 4.78 is 10.1. The van der Waals surface area contributed by atoms with Gasteiger partial charge in [-0.05, 0) is 0 Å². The highest BCUT2D eigenvalue weighted by molar-refractivity contribution is 4.93. The summed E-state index contributed by atoms with van der Waals surface area (Å²) in [5.41, 5.74) is 11.2. The molecule has 6 N–H and O–H groups in total. The maximum atomic E-state index is 9.48. The minimum absolute atomic E-state index is 0.304. The van der Waals surface area contributed by atoms with Crippen LogP contribution in [0.4, 0.5) is 0 Å². The summed E-state index contributed by atoms with van der Waals surface area (Å²) in [7, 11) is 1.43. The number of hydrogen-bond acceptors (Lipinski definition) is 6. The average molecular weight is 192 g/mol. The Hall–Kier alpha value is -0.240. The lowest BCUT2D eigenvalue weighted by Gasteiger charge is -2.40. The van der Waals surface area contributed by atoms with E-state index in [4.69, 9.17) is 26.0 Å². The second-order valence-electron chi connectivity index (χ2n) is 3.11. The van der Waals surface area contributed by atoms with Gasteiger partial charge < -0.3 is 31.2 Å². The van der Waals surface area contributed by atoms with Crippen LogP contribution in [0.2, 0.25) is 0 Å². The molecule has 0 bridgehead atoms. The van der Waals surface area contributed by atoms with Crippen molar-refractivity contribution >= 4 is 0 Å². The number of hydrogen-bond donors (Lipinski definition) is 4. The predicted molar refractivity (Wildman–Crippen MR) is 44.7 cm³/mol. The molecule has 1 aliphatic heterocycles. The summed E-state index contributed by atoms with van der Waals surface area (Å²) in [4.78, 5) is 0. The lowest BCUT2D eigenvalue weighted by molar-refractivity contribution is -0.233. The summed E-state index contributed by atoms with van der Waals surface area (Å²) >= 11 is 0. The summed E-state index contributed by atoms with van der Waals surface area (Å²) in [5, 5.41) is 18.3. The van der Waals surface area contributed by atoms with Crippen LogP contribution in [-0.4, -0.2) is 54.5 Å². The van der Waals surface area contributed by atoms with Crippen LogP contribution < -0.4 is 11.5 Å². The Balaban J connectivity index is 2.66. The van der Waals surface area contributed by atoms with E-state index in [-0.39, 0.29) is 6.61 Å². The van der Waals surface area contributed by atoms with Gasteiger partial charge in [0.25, 0.3) is 0 Å². The molecule has 1 rings (SSSR count). The molecule has 5 atom stereocenters. The van der Waals surface area contributed by atoms with Gasteiger partial charge in [0, 0.05) is 7.11 Å². The van der Waals surface area contributed by atoms with E-state index < -0.39 is 30.6 Å². The molecule has 0 aromatic carbocycles. The maximum Gasteiger partial charge on any atom is 0.174 e. The normalized spacial score (nSPS) is 46.4. The zero-order valence-electron chi connectivity index (χ0n) is 7.46. The molecule has 6 nitrogen and oxygen atoms in total. The van der Waals surface area contributed by atoms with Crippen LogP contribution in [0.25, 0.3) is 0 Å². The Morgan fingerprint density at radius 3 is 2.46 bits per heavy atom. The highest BCUT2D eigenvalue weighted by Gasteiger charge is 2.41. The molecule has 0 radical (unpaired) electrons. The third-order valence-electron chi connectivity index (χ3n) is 2.26. The van der Waals surface area contributed by atoms with Gasteiger partial charge in [-0.1, -0.05) is 0 Å². The summed E-state index contributed by atoms with van der Waals surface area (Å²) in [6, 6.07) is -1.22. The lowest BCUT2D eigenvalue weighted by Crippen LogP contribution is -2.65. The molecule has 78 valence electrons. The molecule has 13 heavy (non-hydrogen) atoms. The number of aliphatic hydroxyl groups is 2. The fourth-order valence-electron chi connectivity index (χ4n) is 1.36. The van der Waals surface area contributed by atoms with Crippen molar-refractivity contribution in [2.24, 2.45) is 11.5 Å². The third-order valence-corrected chi connectivity index (χ3v) is 2.26. The molecule has 1 heterocycles.